The molecule has 2 heterocycles. The van der Waals surface area contributed by atoms with Crippen LogP contribution in [0.15, 0.2) is 36.4 Å². The molecule has 1 amide bonds. The number of rotatable bonds is 5. The number of ether oxygens (including phenoxy) is 1. The molecule has 0 saturated heterocycles. The highest BCUT2D eigenvalue weighted by Gasteiger charge is 2.40. The molecule has 31 heavy (non-hydrogen) atoms. The lowest BCUT2D eigenvalue weighted by molar-refractivity contribution is -0.130. The van der Waals surface area contributed by atoms with Crippen LogP contribution in [-0.4, -0.2) is 28.9 Å². The molecule has 0 unspecified atom stereocenters. The molecule has 160 valence electrons. The number of carbonyl (C=O) groups excluding carboxylic acids is 1. The topological polar surface area (TPSA) is 45.3 Å². The van der Waals surface area contributed by atoms with Crippen LogP contribution in [0.1, 0.15) is 49.0 Å². The lowest BCUT2D eigenvalue weighted by atomic mass is 9.86. The Morgan fingerprint density at radius 2 is 2.10 bits per heavy atom. The van der Waals surface area contributed by atoms with Gasteiger partial charge in [-0.05, 0) is 48.6 Å². The first-order valence-corrected chi connectivity index (χ1v) is 10.4. The van der Waals surface area contributed by atoms with Gasteiger partial charge < -0.3 is 14.6 Å². The minimum atomic E-state index is -0.770. The van der Waals surface area contributed by atoms with Gasteiger partial charge in [-0.1, -0.05) is 25.8 Å². The number of fused-ring (bicyclic) bond motifs is 3. The van der Waals surface area contributed by atoms with Gasteiger partial charge in [-0.25, -0.2) is 8.78 Å². The molecule has 4 nitrogen and oxygen atoms in total. The zero-order chi connectivity index (χ0) is 22.1. The van der Waals surface area contributed by atoms with Crippen LogP contribution in [0, 0.1) is 24.0 Å². The number of H-pyrrole nitrogens is 1. The maximum atomic E-state index is 15.0. The molecule has 0 radical (unpaired) electrons. The summed E-state index contributed by atoms with van der Waals surface area (Å²) in [6.07, 6.45) is 8.69. The number of nitrogens with zero attached hydrogens (tertiary/aromatic N) is 1. The molecule has 0 saturated carbocycles. The van der Waals surface area contributed by atoms with E-state index >= 15 is 0 Å². The van der Waals surface area contributed by atoms with Gasteiger partial charge in [-0.2, -0.15) is 0 Å². The Hall–Kier alpha value is -3.33. The van der Waals surface area contributed by atoms with Crippen LogP contribution in [0.2, 0.25) is 0 Å². The van der Waals surface area contributed by atoms with Crippen molar-refractivity contribution < 1.29 is 18.3 Å². The summed E-state index contributed by atoms with van der Waals surface area (Å²) in [5, 5.41) is 0.969. The number of benzene rings is 2. The summed E-state index contributed by atoms with van der Waals surface area (Å²) in [7, 11) is 1.61. The Morgan fingerprint density at radius 1 is 1.29 bits per heavy atom. The van der Waals surface area contributed by atoms with Gasteiger partial charge in [0.25, 0.3) is 5.91 Å². The fourth-order valence-corrected chi connectivity index (χ4v) is 4.58. The van der Waals surface area contributed by atoms with Gasteiger partial charge in [0.1, 0.15) is 23.4 Å². The van der Waals surface area contributed by atoms with E-state index < -0.39 is 23.6 Å². The quantitative estimate of drug-likeness (QED) is 0.580. The Morgan fingerprint density at radius 3 is 2.77 bits per heavy atom. The van der Waals surface area contributed by atoms with E-state index in [-0.39, 0.29) is 11.6 Å². The van der Waals surface area contributed by atoms with Crippen molar-refractivity contribution in [3.63, 3.8) is 0 Å². The second-order valence-corrected chi connectivity index (χ2v) is 7.85. The lowest BCUT2D eigenvalue weighted by Gasteiger charge is -2.41. The largest absolute Gasteiger partial charge is 0.497 e. The van der Waals surface area contributed by atoms with Gasteiger partial charge in [0.15, 0.2) is 0 Å². The third-order valence-electron chi connectivity index (χ3n) is 6.04. The van der Waals surface area contributed by atoms with Crippen molar-refractivity contribution in [2.45, 2.75) is 44.7 Å². The number of amides is 1. The van der Waals surface area contributed by atoms with E-state index in [1.165, 1.54) is 12.1 Å². The number of aromatic nitrogens is 1. The van der Waals surface area contributed by atoms with E-state index in [0.717, 1.165) is 41.8 Å². The molecule has 1 aliphatic rings. The Balaban J connectivity index is 1.97. The van der Waals surface area contributed by atoms with E-state index in [0.29, 0.717) is 17.9 Å². The molecule has 4 rings (SSSR count). The first-order valence-electron chi connectivity index (χ1n) is 10.4. The minimum absolute atomic E-state index is 0.198. The van der Waals surface area contributed by atoms with Crippen molar-refractivity contribution in [2.75, 3.05) is 7.11 Å². The van der Waals surface area contributed by atoms with Crippen molar-refractivity contribution in [1.29, 1.82) is 0 Å². The molecule has 0 bridgehead atoms. The number of terminal acetylenes is 1. The number of nitrogens with one attached hydrogen (secondary N) is 1. The highest BCUT2D eigenvalue weighted by molar-refractivity contribution is 5.95. The van der Waals surface area contributed by atoms with Gasteiger partial charge in [0.05, 0.1) is 7.11 Å². The molecule has 0 aliphatic carbocycles. The number of carbonyl (C=O) groups is 1. The lowest BCUT2D eigenvalue weighted by Crippen LogP contribution is -2.47. The monoisotopic (exact) mass is 422 g/mol. The van der Waals surface area contributed by atoms with Crippen LogP contribution in [0.4, 0.5) is 8.78 Å². The van der Waals surface area contributed by atoms with Crippen molar-refractivity contribution in [1.82, 2.24) is 9.88 Å². The normalized spacial score (nSPS) is 18.0. The molecular formula is C25H24F2N2O2. The highest BCUT2D eigenvalue weighted by Crippen LogP contribution is 2.43. The second-order valence-electron chi connectivity index (χ2n) is 7.85. The van der Waals surface area contributed by atoms with Gasteiger partial charge >= 0.3 is 0 Å². The van der Waals surface area contributed by atoms with Crippen LogP contribution in [0.5, 0.6) is 5.75 Å². The third-order valence-corrected chi connectivity index (χ3v) is 6.04. The van der Waals surface area contributed by atoms with Crippen LogP contribution in [0.25, 0.3) is 10.9 Å². The van der Waals surface area contributed by atoms with Crippen molar-refractivity contribution in [3.8, 4) is 18.1 Å². The Kier molecular flexibility index (Phi) is 5.69. The number of unbranched alkanes of at least 4 members (excludes halogenated alkanes) is 1. The molecule has 0 spiro atoms. The first-order chi connectivity index (χ1) is 15.0. The van der Waals surface area contributed by atoms with E-state index in [2.05, 4.69) is 17.8 Å². The average molecular weight is 422 g/mol. The average Bonchev–Trinajstić information content (AvgIpc) is 3.13. The van der Waals surface area contributed by atoms with Crippen LogP contribution in [-0.2, 0) is 11.2 Å². The fourth-order valence-electron chi connectivity index (χ4n) is 4.58. The third kappa shape index (κ3) is 3.65. The molecular weight excluding hydrogens is 398 g/mol. The summed E-state index contributed by atoms with van der Waals surface area (Å²) in [6, 6.07) is 8.16. The summed E-state index contributed by atoms with van der Waals surface area (Å²) < 4.78 is 34.0. The number of halogens is 2. The number of methoxy groups -OCH3 is 1. The number of hydrogen-bond donors (Lipinski definition) is 1. The van der Waals surface area contributed by atoms with Crippen molar-refractivity contribution >= 4 is 16.8 Å². The molecule has 0 fully saturated rings. The molecule has 1 aliphatic heterocycles. The Labute approximate surface area is 180 Å². The predicted octanol–water partition coefficient (Wildman–Crippen LogP) is 5.12. The summed E-state index contributed by atoms with van der Waals surface area (Å²) >= 11 is 0. The minimum Gasteiger partial charge on any atom is -0.497 e. The summed E-state index contributed by atoms with van der Waals surface area (Å²) in [6.45, 7) is 2.08. The molecule has 3 aromatic rings. The number of hydrogen-bond acceptors (Lipinski definition) is 2. The molecule has 2 aromatic carbocycles. The Bertz CT molecular complexity index is 1180. The predicted molar refractivity (Wildman–Crippen MR) is 116 cm³/mol. The van der Waals surface area contributed by atoms with Gasteiger partial charge in [0.2, 0.25) is 0 Å². The molecule has 1 N–H and O–H groups in total. The first kappa shape index (κ1) is 20.9. The van der Waals surface area contributed by atoms with Crippen LogP contribution in [0.3, 0.4) is 0 Å². The summed E-state index contributed by atoms with van der Waals surface area (Å²) in [4.78, 5) is 17.8. The highest BCUT2D eigenvalue weighted by atomic mass is 19.1. The van der Waals surface area contributed by atoms with Crippen molar-refractivity contribution in [3.05, 3.63) is 64.9 Å². The van der Waals surface area contributed by atoms with Crippen molar-refractivity contribution in [2.24, 2.45) is 0 Å². The van der Waals surface area contributed by atoms with Crippen LogP contribution < -0.4 is 4.74 Å². The summed E-state index contributed by atoms with van der Waals surface area (Å²) in [5.74, 6) is 1.04. The number of aromatic amines is 1. The van der Waals surface area contributed by atoms with Gasteiger partial charge in [-0.15, -0.1) is 6.42 Å². The summed E-state index contributed by atoms with van der Waals surface area (Å²) in [5.41, 5.74) is 2.78. The maximum absolute atomic E-state index is 15.0. The SMILES string of the molecule is C#CC(=O)N1[C@@H](CCCC)Cc2c([nH]c3ccc(OC)cc23)[C@@H]1c1ccc(F)cc1F. The molecule has 1 aromatic heterocycles. The fraction of sp³-hybridized carbons (Fsp3) is 0.320. The maximum Gasteiger partial charge on any atom is 0.299 e. The van der Waals surface area contributed by atoms with E-state index in [4.69, 9.17) is 11.2 Å². The van der Waals surface area contributed by atoms with E-state index in [9.17, 15) is 13.6 Å². The van der Waals surface area contributed by atoms with Gasteiger partial charge in [0, 0.05) is 34.3 Å². The van der Waals surface area contributed by atoms with Crippen LogP contribution >= 0.6 is 0 Å². The second kappa shape index (κ2) is 8.43. The zero-order valence-electron chi connectivity index (χ0n) is 17.5. The molecule has 2 atom stereocenters. The van der Waals surface area contributed by atoms with E-state index in [1.807, 2.05) is 18.2 Å². The molecule has 6 heteroatoms. The van der Waals surface area contributed by atoms with E-state index in [1.54, 1.807) is 12.0 Å². The zero-order valence-corrected chi connectivity index (χ0v) is 17.5. The standard InChI is InChI=1S/C25H24F2N2O2/c1-4-6-7-16-13-20-19-14-17(31-3)9-11-22(19)28-24(20)25(29(16)23(30)5-2)18-10-8-15(26)12-21(18)27/h2,8-12,14,16,25,28H,4,6-7,13H2,1,3H3/t16-,25-/m0/s1. The smallest absolute Gasteiger partial charge is 0.299 e. The van der Waals surface area contributed by atoms with Gasteiger partial charge in [-0.3, -0.25) is 4.79 Å².